The zero-order chi connectivity index (χ0) is 31.2. The average molecular weight is 597 g/mol. The summed E-state index contributed by atoms with van der Waals surface area (Å²) in [4.78, 5) is 38.2. The number of aliphatic hydroxyl groups excluding tert-OH is 2. The first-order valence-electron chi connectivity index (χ1n) is 15.0. The number of amides is 2. The highest BCUT2D eigenvalue weighted by atomic mass is 16.6. The molecule has 0 saturated heterocycles. The van der Waals surface area contributed by atoms with Gasteiger partial charge in [-0.1, -0.05) is 32.0 Å². The van der Waals surface area contributed by atoms with Crippen LogP contribution in [0.2, 0.25) is 0 Å². The number of ether oxygens (including phenoxy) is 3. The third-order valence-corrected chi connectivity index (χ3v) is 9.60. The van der Waals surface area contributed by atoms with Crippen molar-refractivity contribution >= 4 is 23.7 Å². The van der Waals surface area contributed by atoms with Crippen molar-refractivity contribution in [1.82, 2.24) is 5.32 Å². The molecule has 10 nitrogen and oxygen atoms in total. The molecular formula is C33H44N2O8. The van der Waals surface area contributed by atoms with Crippen molar-refractivity contribution in [3.8, 4) is 5.75 Å². The number of nitrogens with one attached hydrogen (secondary N) is 2. The van der Waals surface area contributed by atoms with Crippen molar-refractivity contribution in [1.29, 1.82) is 0 Å². The van der Waals surface area contributed by atoms with E-state index < -0.39 is 35.1 Å². The molecule has 0 aliphatic heterocycles. The summed E-state index contributed by atoms with van der Waals surface area (Å²) in [6, 6.07) is 13.9. The van der Waals surface area contributed by atoms with Gasteiger partial charge in [0.25, 0.3) is 0 Å². The molecule has 6 unspecified atom stereocenters. The zero-order valence-electron chi connectivity index (χ0n) is 25.4. The van der Waals surface area contributed by atoms with E-state index in [0.717, 1.165) is 11.3 Å². The lowest BCUT2D eigenvalue weighted by molar-refractivity contribution is -0.185. The van der Waals surface area contributed by atoms with Crippen LogP contribution in [0, 0.1) is 22.7 Å². The number of anilines is 1. The fourth-order valence-electron chi connectivity index (χ4n) is 7.21. The molecule has 0 heterocycles. The summed E-state index contributed by atoms with van der Waals surface area (Å²) in [5, 5.41) is 27.5. The van der Waals surface area contributed by atoms with Crippen molar-refractivity contribution in [3.63, 3.8) is 0 Å². The van der Waals surface area contributed by atoms with Crippen molar-refractivity contribution in [3.05, 3.63) is 59.7 Å². The normalized spacial score (nSPS) is 28.2. The van der Waals surface area contributed by atoms with E-state index in [1.807, 2.05) is 31.2 Å². The predicted octanol–water partition coefficient (Wildman–Crippen LogP) is 4.68. The monoisotopic (exact) mass is 596 g/mol. The first-order valence-corrected chi connectivity index (χ1v) is 15.0. The molecule has 2 aromatic rings. The Morgan fingerprint density at radius 2 is 1.79 bits per heavy atom. The Hall–Kier alpha value is -3.63. The molecule has 2 amide bonds. The van der Waals surface area contributed by atoms with Gasteiger partial charge in [0, 0.05) is 24.1 Å². The summed E-state index contributed by atoms with van der Waals surface area (Å²) in [7, 11) is 1.60. The van der Waals surface area contributed by atoms with E-state index in [2.05, 4.69) is 17.6 Å². The number of carbonyl (C=O) groups is 3. The van der Waals surface area contributed by atoms with E-state index >= 15 is 0 Å². The third-order valence-electron chi connectivity index (χ3n) is 9.60. The number of methoxy groups -OCH3 is 1. The first-order chi connectivity index (χ1) is 20.5. The van der Waals surface area contributed by atoms with E-state index in [-0.39, 0.29) is 37.4 Å². The molecule has 2 fully saturated rings. The van der Waals surface area contributed by atoms with Crippen LogP contribution in [0.1, 0.15) is 68.8 Å². The molecule has 43 heavy (non-hydrogen) atoms. The number of benzene rings is 2. The minimum Gasteiger partial charge on any atom is -0.497 e. The summed E-state index contributed by atoms with van der Waals surface area (Å²) >= 11 is 0. The standard InChI is InChI=1S/C33H44N2O8/c1-5-42-30(39)22-7-6-8-23(17-22)35-31(40)43-28-15-16-32(2)25(26(37)13-14-27(32)33(28,3)20-36)18-29(38)34-19-21-9-11-24(41-4)12-10-21/h6-12,17,25-28,36-37H,5,13-16,18-20H2,1-4H3,(H,34,38)(H,35,40). The molecule has 4 rings (SSSR count). The second-order valence-electron chi connectivity index (χ2n) is 12.2. The van der Waals surface area contributed by atoms with Crippen LogP contribution in [0.3, 0.4) is 0 Å². The van der Waals surface area contributed by atoms with E-state index in [1.54, 1.807) is 32.2 Å². The Morgan fingerprint density at radius 3 is 2.47 bits per heavy atom. The number of aliphatic hydroxyl groups is 2. The van der Waals surface area contributed by atoms with Crippen molar-refractivity contribution in [2.75, 3.05) is 25.6 Å². The highest BCUT2D eigenvalue weighted by molar-refractivity contribution is 5.92. The molecule has 0 spiro atoms. The van der Waals surface area contributed by atoms with Gasteiger partial charge in [0.05, 0.1) is 32.0 Å². The minimum absolute atomic E-state index is 0.0912. The lowest BCUT2D eigenvalue weighted by Gasteiger charge is -2.60. The molecule has 6 atom stereocenters. The van der Waals surface area contributed by atoms with Gasteiger partial charge in [-0.05, 0) is 85.8 Å². The van der Waals surface area contributed by atoms with Crippen LogP contribution >= 0.6 is 0 Å². The number of fused-ring (bicyclic) bond motifs is 1. The predicted molar refractivity (Wildman–Crippen MR) is 161 cm³/mol. The molecular weight excluding hydrogens is 552 g/mol. The SMILES string of the molecule is CCOC(=O)c1cccc(NC(=O)OC2CCC3(C)C(CC(=O)NCc4ccc(OC)cc4)C(O)CCC3C2(C)CO)c1. The first kappa shape index (κ1) is 32.3. The van der Waals surface area contributed by atoms with Gasteiger partial charge < -0.3 is 29.7 Å². The second-order valence-corrected chi connectivity index (χ2v) is 12.2. The number of carbonyl (C=O) groups excluding carboxylic acids is 3. The Labute approximate surface area is 253 Å². The Bertz CT molecular complexity index is 1280. The Kier molecular flexibility index (Phi) is 10.3. The fraction of sp³-hybridized carbons (Fsp3) is 0.545. The number of esters is 1. The molecule has 234 valence electrons. The molecule has 4 N–H and O–H groups in total. The molecule has 2 aromatic carbocycles. The Balaban J connectivity index is 1.42. The van der Waals surface area contributed by atoms with Crippen LogP contribution < -0.4 is 15.4 Å². The van der Waals surface area contributed by atoms with Gasteiger partial charge in [0.2, 0.25) is 5.91 Å². The Morgan fingerprint density at radius 1 is 1.05 bits per heavy atom. The van der Waals surface area contributed by atoms with Crippen LogP contribution in [0.5, 0.6) is 5.75 Å². The molecule has 2 saturated carbocycles. The summed E-state index contributed by atoms with van der Waals surface area (Å²) in [5.74, 6) is -0.288. The van der Waals surface area contributed by atoms with Gasteiger partial charge in [-0.15, -0.1) is 0 Å². The maximum atomic E-state index is 13.1. The van der Waals surface area contributed by atoms with E-state index in [0.29, 0.717) is 43.5 Å². The highest BCUT2D eigenvalue weighted by Crippen LogP contribution is 2.61. The van der Waals surface area contributed by atoms with Crippen LogP contribution in [0.25, 0.3) is 0 Å². The van der Waals surface area contributed by atoms with Gasteiger partial charge in [-0.2, -0.15) is 0 Å². The van der Waals surface area contributed by atoms with Gasteiger partial charge >= 0.3 is 12.1 Å². The molecule has 2 aliphatic carbocycles. The van der Waals surface area contributed by atoms with E-state index in [9.17, 15) is 24.6 Å². The van der Waals surface area contributed by atoms with Crippen LogP contribution in [0.4, 0.5) is 10.5 Å². The van der Waals surface area contributed by atoms with Crippen molar-refractivity contribution in [2.45, 2.75) is 71.6 Å². The van der Waals surface area contributed by atoms with E-state index in [4.69, 9.17) is 14.2 Å². The largest absolute Gasteiger partial charge is 0.497 e. The summed E-state index contributed by atoms with van der Waals surface area (Å²) in [5.41, 5.74) is 0.418. The minimum atomic E-state index is -0.783. The summed E-state index contributed by atoms with van der Waals surface area (Å²) in [6.45, 7) is 6.13. The van der Waals surface area contributed by atoms with Crippen LogP contribution in [-0.4, -0.2) is 60.7 Å². The lowest BCUT2D eigenvalue weighted by atomic mass is 9.46. The summed E-state index contributed by atoms with van der Waals surface area (Å²) in [6.07, 6.45) is 0.475. The topological polar surface area (TPSA) is 143 Å². The van der Waals surface area contributed by atoms with Crippen LogP contribution in [-0.2, 0) is 20.8 Å². The van der Waals surface area contributed by atoms with Crippen molar-refractivity contribution < 1.29 is 38.8 Å². The molecule has 10 heteroatoms. The fourth-order valence-corrected chi connectivity index (χ4v) is 7.21. The van der Waals surface area contributed by atoms with Gasteiger partial charge in [-0.25, -0.2) is 9.59 Å². The summed E-state index contributed by atoms with van der Waals surface area (Å²) < 4.78 is 16.1. The second kappa shape index (κ2) is 13.8. The van der Waals surface area contributed by atoms with Crippen molar-refractivity contribution in [2.24, 2.45) is 22.7 Å². The van der Waals surface area contributed by atoms with Crippen LogP contribution in [0.15, 0.2) is 48.5 Å². The quantitative estimate of drug-likeness (QED) is 0.290. The maximum Gasteiger partial charge on any atom is 0.411 e. The van der Waals surface area contributed by atoms with Gasteiger partial charge in [0.1, 0.15) is 11.9 Å². The lowest BCUT2D eigenvalue weighted by Crippen LogP contribution is -2.61. The maximum absolute atomic E-state index is 13.1. The smallest absolute Gasteiger partial charge is 0.411 e. The number of hydrogen-bond acceptors (Lipinski definition) is 8. The highest BCUT2D eigenvalue weighted by Gasteiger charge is 2.60. The third kappa shape index (κ3) is 7.13. The van der Waals surface area contributed by atoms with E-state index in [1.165, 1.54) is 6.07 Å². The number of rotatable bonds is 10. The molecule has 0 bridgehead atoms. The van der Waals surface area contributed by atoms with Gasteiger partial charge in [0.15, 0.2) is 0 Å². The molecule has 0 radical (unpaired) electrons. The average Bonchev–Trinajstić information content (AvgIpc) is 3.00. The number of hydrogen-bond donors (Lipinski definition) is 4. The van der Waals surface area contributed by atoms with Gasteiger partial charge in [-0.3, -0.25) is 10.1 Å². The molecule has 0 aromatic heterocycles. The molecule has 2 aliphatic rings. The zero-order valence-corrected chi connectivity index (χ0v) is 25.4.